The van der Waals surface area contributed by atoms with Crippen molar-refractivity contribution in [2.45, 2.75) is 22.5 Å². The van der Waals surface area contributed by atoms with Crippen molar-refractivity contribution in [3.8, 4) is 0 Å². The highest BCUT2D eigenvalue weighted by Gasteiger charge is 2.61. The van der Waals surface area contributed by atoms with Crippen molar-refractivity contribution in [3.63, 3.8) is 0 Å². The van der Waals surface area contributed by atoms with Gasteiger partial charge in [-0.05, 0) is 18.3 Å². The molecule has 1 aliphatic rings. The van der Waals surface area contributed by atoms with Gasteiger partial charge in [0.05, 0.1) is 9.65 Å². The van der Waals surface area contributed by atoms with E-state index < -0.39 is 11.9 Å². The molecule has 14 heavy (non-hydrogen) atoms. The monoisotopic (exact) mass is 328 g/mol. The van der Waals surface area contributed by atoms with Gasteiger partial charge in [-0.2, -0.15) is 0 Å². The number of carbonyl (C=O) groups is 2. The fourth-order valence-corrected chi connectivity index (χ4v) is 3.39. The summed E-state index contributed by atoms with van der Waals surface area (Å²) in [5, 5.41) is 17.1. The third kappa shape index (κ3) is 2.70. The standard InChI is InChI=1S/C8H10Br2O4/c9-8(10)4(1-2-6(11)12)5(8)3-7(13)14/h4-5H,1-3H2,(H,11,12)(H,13,14)/t4-,5+/m1/s1. The third-order valence-corrected chi connectivity index (χ3v) is 4.78. The summed E-state index contributed by atoms with van der Waals surface area (Å²) in [5.74, 6) is -1.62. The van der Waals surface area contributed by atoms with Crippen molar-refractivity contribution in [3.05, 3.63) is 0 Å². The quantitative estimate of drug-likeness (QED) is 0.757. The summed E-state index contributed by atoms with van der Waals surface area (Å²) >= 11 is 6.72. The maximum absolute atomic E-state index is 10.5. The Bertz CT molecular complexity index is 264. The first-order valence-electron chi connectivity index (χ1n) is 4.17. The minimum Gasteiger partial charge on any atom is -0.481 e. The molecule has 0 saturated heterocycles. The zero-order valence-corrected chi connectivity index (χ0v) is 10.4. The van der Waals surface area contributed by atoms with Crippen molar-refractivity contribution in [1.29, 1.82) is 0 Å². The zero-order chi connectivity index (χ0) is 10.9. The van der Waals surface area contributed by atoms with E-state index in [1.54, 1.807) is 0 Å². The molecule has 1 fully saturated rings. The second-order valence-electron chi connectivity index (χ2n) is 3.42. The van der Waals surface area contributed by atoms with Crippen molar-refractivity contribution >= 4 is 43.8 Å². The van der Waals surface area contributed by atoms with E-state index in [0.717, 1.165) is 0 Å². The summed E-state index contributed by atoms with van der Waals surface area (Å²) in [6, 6.07) is 0. The third-order valence-electron chi connectivity index (χ3n) is 2.43. The van der Waals surface area contributed by atoms with Gasteiger partial charge in [-0.3, -0.25) is 9.59 Å². The minimum absolute atomic E-state index is 0.0145. The van der Waals surface area contributed by atoms with Crippen molar-refractivity contribution in [1.82, 2.24) is 0 Å². The second kappa shape index (κ2) is 4.18. The van der Waals surface area contributed by atoms with E-state index in [-0.39, 0.29) is 27.9 Å². The van der Waals surface area contributed by atoms with Crippen LogP contribution in [0.1, 0.15) is 19.3 Å². The summed E-state index contributed by atoms with van der Waals surface area (Å²) in [6.45, 7) is 0. The molecule has 6 heteroatoms. The van der Waals surface area contributed by atoms with Gasteiger partial charge in [-0.15, -0.1) is 0 Å². The molecule has 0 amide bonds. The van der Waals surface area contributed by atoms with Crippen LogP contribution < -0.4 is 0 Å². The van der Waals surface area contributed by atoms with Crippen molar-refractivity contribution in [2.24, 2.45) is 11.8 Å². The number of carboxylic acids is 2. The van der Waals surface area contributed by atoms with E-state index >= 15 is 0 Å². The molecule has 0 bridgehead atoms. The molecule has 80 valence electrons. The lowest BCUT2D eigenvalue weighted by Crippen LogP contribution is -1.99. The van der Waals surface area contributed by atoms with E-state index in [1.165, 1.54) is 0 Å². The first kappa shape index (κ1) is 12.0. The van der Waals surface area contributed by atoms with E-state index in [0.29, 0.717) is 6.42 Å². The number of aliphatic carboxylic acids is 2. The Morgan fingerprint density at radius 2 is 1.71 bits per heavy atom. The molecule has 0 radical (unpaired) electrons. The smallest absolute Gasteiger partial charge is 0.303 e. The minimum atomic E-state index is -0.851. The predicted octanol–water partition coefficient (Wildman–Crippen LogP) is 2.06. The number of hydrogen-bond donors (Lipinski definition) is 2. The van der Waals surface area contributed by atoms with Crippen LogP contribution in [0.15, 0.2) is 0 Å². The maximum Gasteiger partial charge on any atom is 0.303 e. The Labute approximate surface area is 97.9 Å². The maximum atomic E-state index is 10.5. The van der Waals surface area contributed by atoms with Crippen molar-refractivity contribution < 1.29 is 19.8 Å². The Hall–Kier alpha value is -0.100. The fraction of sp³-hybridized carbons (Fsp3) is 0.750. The Balaban J connectivity index is 2.40. The van der Waals surface area contributed by atoms with Crippen molar-refractivity contribution in [2.75, 3.05) is 0 Å². The Morgan fingerprint density at radius 1 is 1.14 bits per heavy atom. The normalized spacial score (nSPS) is 28.4. The average molecular weight is 330 g/mol. The van der Waals surface area contributed by atoms with Crippen LogP contribution in [-0.2, 0) is 9.59 Å². The van der Waals surface area contributed by atoms with Crippen LogP contribution in [-0.4, -0.2) is 25.4 Å². The topological polar surface area (TPSA) is 74.6 Å². The van der Waals surface area contributed by atoms with Gasteiger partial charge in [0.15, 0.2) is 0 Å². The van der Waals surface area contributed by atoms with Gasteiger partial charge in [0.1, 0.15) is 0 Å². The van der Waals surface area contributed by atoms with Crippen LogP contribution in [0.5, 0.6) is 0 Å². The average Bonchev–Trinajstić information content (AvgIpc) is 2.48. The predicted molar refractivity (Wildman–Crippen MR) is 56.7 cm³/mol. The number of halogens is 2. The molecule has 2 N–H and O–H groups in total. The van der Waals surface area contributed by atoms with Gasteiger partial charge in [0, 0.05) is 6.42 Å². The lowest BCUT2D eigenvalue weighted by Gasteiger charge is -1.95. The fourth-order valence-electron chi connectivity index (χ4n) is 1.60. The molecule has 0 unspecified atom stereocenters. The largest absolute Gasteiger partial charge is 0.481 e. The SMILES string of the molecule is O=C(O)CC[C@@H]1[C@H](CC(=O)O)C1(Br)Br. The highest BCUT2D eigenvalue weighted by Crippen LogP contribution is 2.65. The van der Waals surface area contributed by atoms with Gasteiger partial charge < -0.3 is 10.2 Å². The molecule has 1 aliphatic carbocycles. The molecule has 0 aromatic carbocycles. The zero-order valence-electron chi connectivity index (χ0n) is 7.24. The van der Waals surface area contributed by atoms with E-state index in [9.17, 15) is 9.59 Å². The lowest BCUT2D eigenvalue weighted by molar-refractivity contribution is -0.137. The van der Waals surface area contributed by atoms with E-state index in [1.807, 2.05) is 0 Å². The molecule has 0 aliphatic heterocycles. The second-order valence-corrected chi connectivity index (χ2v) is 7.11. The van der Waals surface area contributed by atoms with Crippen LogP contribution in [0, 0.1) is 11.8 Å². The van der Waals surface area contributed by atoms with E-state index in [4.69, 9.17) is 10.2 Å². The van der Waals surface area contributed by atoms with Crippen LogP contribution >= 0.6 is 31.9 Å². The van der Waals surface area contributed by atoms with Crippen LogP contribution in [0.2, 0.25) is 0 Å². The van der Waals surface area contributed by atoms with E-state index in [2.05, 4.69) is 31.9 Å². The molecule has 0 heterocycles. The highest BCUT2D eigenvalue weighted by molar-refractivity contribution is 9.25. The Kier molecular flexibility index (Phi) is 3.58. The lowest BCUT2D eigenvalue weighted by atomic mass is 10.1. The summed E-state index contributed by atoms with van der Waals surface area (Å²) in [5.41, 5.74) is 0. The summed E-state index contributed by atoms with van der Waals surface area (Å²) < 4.78 is -0.367. The molecule has 0 aromatic rings. The van der Waals surface area contributed by atoms with Gasteiger partial charge in [-0.1, -0.05) is 31.9 Å². The molecule has 2 atom stereocenters. The summed E-state index contributed by atoms with van der Waals surface area (Å²) in [7, 11) is 0. The van der Waals surface area contributed by atoms with Crippen LogP contribution in [0.3, 0.4) is 0 Å². The van der Waals surface area contributed by atoms with Gasteiger partial charge in [0.2, 0.25) is 0 Å². The summed E-state index contributed by atoms with van der Waals surface area (Å²) in [6.07, 6.45) is 0.657. The summed E-state index contributed by atoms with van der Waals surface area (Å²) in [4.78, 5) is 20.8. The molecular formula is C8H10Br2O4. The number of alkyl halides is 2. The molecule has 1 saturated carbocycles. The molecule has 0 spiro atoms. The van der Waals surface area contributed by atoms with Crippen LogP contribution in [0.25, 0.3) is 0 Å². The van der Waals surface area contributed by atoms with Gasteiger partial charge in [-0.25, -0.2) is 0 Å². The number of rotatable bonds is 5. The highest BCUT2D eigenvalue weighted by atomic mass is 79.9. The molecule has 4 nitrogen and oxygen atoms in total. The number of hydrogen-bond acceptors (Lipinski definition) is 2. The molecular weight excluding hydrogens is 320 g/mol. The Morgan fingerprint density at radius 3 is 2.14 bits per heavy atom. The number of carboxylic acid groups (broad SMARTS) is 2. The first-order valence-corrected chi connectivity index (χ1v) is 5.75. The first-order chi connectivity index (χ1) is 6.35. The van der Waals surface area contributed by atoms with Gasteiger partial charge in [0.25, 0.3) is 0 Å². The van der Waals surface area contributed by atoms with Gasteiger partial charge >= 0.3 is 11.9 Å². The van der Waals surface area contributed by atoms with Crippen LogP contribution in [0.4, 0.5) is 0 Å². The molecule has 0 aromatic heterocycles. The molecule has 1 rings (SSSR count).